The summed E-state index contributed by atoms with van der Waals surface area (Å²) in [5.41, 5.74) is -0.921. The zero-order valence-corrected chi connectivity index (χ0v) is 16.5. The van der Waals surface area contributed by atoms with Gasteiger partial charge in [0.2, 0.25) is 5.82 Å². The van der Waals surface area contributed by atoms with Crippen molar-refractivity contribution in [2.45, 2.75) is 37.8 Å². The Kier molecular flexibility index (Phi) is 7.85. The van der Waals surface area contributed by atoms with E-state index in [0.29, 0.717) is 6.04 Å². The largest absolute Gasteiger partial charge is 0.467 e. The van der Waals surface area contributed by atoms with E-state index in [1.807, 2.05) is 0 Å². The Morgan fingerprint density at radius 1 is 1.37 bits per heavy atom. The van der Waals surface area contributed by atoms with Gasteiger partial charge in [-0.3, -0.25) is 10.1 Å². The van der Waals surface area contributed by atoms with E-state index in [1.54, 1.807) is 0 Å². The lowest BCUT2D eigenvalue weighted by molar-refractivity contribution is -0.387. The molecule has 0 unspecified atom stereocenters. The Bertz CT molecular complexity index is 708. The number of esters is 1. The van der Waals surface area contributed by atoms with Crippen molar-refractivity contribution < 1.29 is 33.5 Å². The maximum atomic E-state index is 13.8. The third-order valence-corrected chi connectivity index (χ3v) is 5.34. The number of nitro benzene ring substituents is 1. The first-order valence-electron chi connectivity index (χ1n) is 8.09. The fourth-order valence-electron chi connectivity index (χ4n) is 2.06. The van der Waals surface area contributed by atoms with Gasteiger partial charge < -0.3 is 19.9 Å². The van der Waals surface area contributed by atoms with Crippen LogP contribution < -0.4 is 5.32 Å². The van der Waals surface area contributed by atoms with Gasteiger partial charge in [0, 0.05) is 14.1 Å². The Labute approximate surface area is 156 Å². The number of nitrogens with zero attached hydrogens (tertiary/aromatic N) is 1. The van der Waals surface area contributed by atoms with Gasteiger partial charge in [0.15, 0.2) is 6.04 Å². The zero-order valence-electron chi connectivity index (χ0n) is 15.5. The number of hydrogen-bond donors (Lipinski definition) is 2. The zero-order chi connectivity index (χ0) is 20.8. The molecule has 1 aromatic carbocycles. The maximum absolute atomic E-state index is 13.8. The van der Waals surface area contributed by atoms with Crippen molar-refractivity contribution in [3.63, 3.8) is 0 Å². The van der Waals surface area contributed by atoms with Crippen LogP contribution in [0.15, 0.2) is 18.2 Å². The van der Waals surface area contributed by atoms with Gasteiger partial charge in [-0.1, -0.05) is 19.6 Å². The standard InChI is InChI=1S/C16H23FN2O7Si/c1-25-15(21)13(18-16(22)26-7-8-27(2,3)4)14(20)10-5-6-12(19(23)24)11(17)9-10/h5-6,9,13-14,20H,7-8H2,1-4H3,(H,18,22)/t13-,14+/m0/s1. The number of carbonyl (C=O) groups is 2. The molecule has 0 bridgehead atoms. The number of methoxy groups -OCH3 is 1. The maximum Gasteiger partial charge on any atom is 0.407 e. The third-order valence-electron chi connectivity index (χ3n) is 3.64. The second-order valence-electron chi connectivity index (χ2n) is 7.00. The predicted octanol–water partition coefficient (Wildman–Crippen LogP) is 2.37. The second-order valence-corrected chi connectivity index (χ2v) is 12.6. The molecular formula is C16H23FN2O7Si. The average molecular weight is 402 g/mol. The van der Waals surface area contributed by atoms with Crippen LogP contribution in [0.4, 0.5) is 14.9 Å². The van der Waals surface area contributed by atoms with Crippen molar-refractivity contribution in [3.8, 4) is 0 Å². The van der Waals surface area contributed by atoms with E-state index < -0.39 is 48.7 Å². The van der Waals surface area contributed by atoms with Gasteiger partial charge in [-0.15, -0.1) is 0 Å². The number of aliphatic hydroxyl groups is 1. The van der Waals surface area contributed by atoms with E-state index in [2.05, 4.69) is 29.7 Å². The summed E-state index contributed by atoms with van der Waals surface area (Å²) in [6, 6.07) is 1.79. The molecule has 0 radical (unpaired) electrons. The number of hydrogen-bond acceptors (Lipinski definition) is 7. The molecular weight excluding hydrogens is 379 g/mol. The van der Waals surface area contributed by atoms with Crippen molar-refractivity contribution in [1.29, 1.82) is 0 Å². The highest BCUT2D eigenvalue weighted by Crippen LogP contribution is 2.24. The number of nitrogens with one attached hydrogen (secondary N) is 1. The number of nitro groups is 1. The molecule has 0 spiro atoms. The Morgan fingerprint density at radius 3 is 2.48 bits per heavy atom. The van der Waals surface area contributed by atoms with Crippen LogP contribution in [0.5, 0.6) is 0 Å². The summed E-state index contributed by atoms with van der Waals surface area (Å²) in [4.78, 5) is 33.6. The molecule has 2 atom stereocenters. The van der Waals surface area contributed by atoms with Gasteiger partial charge in [0.05, 0.1) is 18.6 Å². The first-order chi connectivity index (χ1) is 12.5. The predicted molar refractivity (Wildman–Crippen MR) is 96.5 cm³/mol. The van der Waals surface area contributed by atoms with E-state index in [0.717, 1.165) is 25.3 Å². The highest BCUT2D eigenvalue weighted by Gasteiger charge is 2.32. The number of ether oxygens (including phenoxy) is 2. The molecule has 2 N–H and O–H groups in total. The summed E-state index contributed by atoms with van der Waals surface area (Å²) >= 11 is 0. The highest BCUT2D eigenvalue weighted by molar-refractivity contribution is 6.76. The van der Waals surface area contributed by atoms with E-state index in [4.69, 9.17) is 4.74 Å². The van der Waals surface area contributed by atoms with Gasteiger partial charge in [0.1, 0.15) is 6.10 Å². The summed E-state index contributed by atoms with van der Waals surface area (Å²) in [5, 5.41) is 23.2. The summed E-state index contributed by atoms with van der Waals surface area (Å²) in [5.74, 6) is -2.17. The van der Waals surface area contributed by atoms with Crippen LogP contribution in [0.25, 0.3) is 0 Å². The number of aliphatic hydroxyl groups excluding tert-OH is 1. The molecule has 0 fully saturated rings. The summed E-state index contributed by atoms with van der Waals surface area (Å²) in [6.07, 6.45) is -2.64. The Morgan fingerprint density at radius 2 is 2.00 bits per heavy atom. The van der Waals surface area contributed by atoms with E-state index in [-0.39, 0.29) is 12.2 Å². The molecule has 0 heterocycles. The minimum Gasteiger partial charge on any atom is -0.467 e. The minimum absolute atomic E-state index is 0.143. The highest BCUT2D eigenvalue weighted by atomic mass is 28.3. The average Bonchev–Trinajstić information content (AvgIpc) is 2.56. The molecule has 11 heteroatoms. The van der Waals surface area contributed by atoms with Gasteiger partial charge in [-0.2, -0.15) is 4.39 Å². The molecule has 1 aromatic rings. The molecule has 150 valence electrons. The SMILES string of the molecule is COC(=O)[C@@H](NC(=O)OCC[Si](C)(C)C)[C@H](O)c1ccc([N+](=O)[O-])c(F)c1. The van der Waals surface area contributed by atoms with Crippen LogP contribution in [0.2, 0.25) is 25.7 Å². The van der Waals surface area contributed by atoms with Crippen molar-refractivity contribution in [1.82, 2.24) is 5.32 Å². The van der Waals surface area contributed by atoms with Gasteiger partial charge in [-0.05, 0) is 23.7 Å². The number of rotatable bonds is 8. The monoisotopic (exact) mass is 402 g/mol. The van der Waals surface area contributed by atoms with E-state index >= 15 is 0 Å². The number of carbonyl (C=O) groups excluding carboxylic acids is 2. The van der Waals surface area contributed by atoms with Crippen LogP contribution in [0, 0.1) is 15.9 Å². The molecule has 0 saturated carbocycles. The Hall–Kier alpha value is -2.53. The fourth-order valence-corrected chi connectivity index (χ4v) is 2.77. The van der Waals surface area contributed by atoms with Crippen molar-refractivity contribution in [2.75, 3.05) is 13.7 Å². The molecule has 0 aliphatic carbocycles. The summed E-state index contributed by atoms with van der Waals surface area (Å²) < 4.78 is 23.3. The smallest absolute Gasteiger partial charge is 0.407 e. The quantitative estimate of drug-likeness (QED) is 0.296. The van der Waals surface area contributed by atoms with Crippen LogP contribution >= 0.6 is 0 Å². The van der Waals surface area contributed by atoms with Gasteiger partial charge >= 0.3 is 17.7 Å². The molecule has 1 amide bonds. The first-order valence-corrected chi connectivity index (χ1v) is 11.8. The molecule has 1 rings (SSSR count). The molecule has 0 aliphatic heterocycles. The normalized spacial score (nSPS) is 13.4. The first kappa shape index (κ1) is 22.5. The molecule has 0 aromatic heterocycles. The van der Waals surface area contributed by atoms with Crippen molar-refractivity contribution in [3.05, 3.63) is 39.7 Å². The van der Waals surface area contributed by atoms with Gasteiger partial charge in [0.25, 0.3) is 0 Å². The number of halogens is 1. The Balaban J connectivity index is 2.90. The summed E-state index contributed by atoms with van der Waals surface area (Å²) in [6.45, 7) is 6.44. The molecule has 27 heavy (non-hydrogen) atoms. The summed E-state index contributed by atoms with van der Waals surface area (Å²) in [7, 11) is -0.379. The lowest BCUT2D eigenvalue weighted by Gasteiger charge is -2.22. The number of benzene rings is 1. The van der Waals surface area contributed by atoms with Crippen LogP contribution in [-0.4, -0.2) is 49.9 Å². The molecule has 0 aliphatic rings. The molecule has 0 saturated heterocycles. The van der Waals surface area contributed by atoms with Crippen LogP contribution in [0.3, 0.4) is 0 Å². The molecule has 9 nitrogen and oxygen atoms in total. The van der Waals surface area contributed by atoms with E-state index in [1.165, 1.54) is 0 Å². The third kappa shape index (κ3) is 6.94. The number of amides is 1. The fraction of sp³-hybridized carbons (Fsp3) is 0.500. The number of alkyl carbamates (subject to hydrolysis) is 1. The van der Waals surface area contributed by atoms with E-state index in [9.17, 15) is 29.2 Å². The minimum atomic E-state index is -1.70. The van der Waals surface area contributed by atoms with Crippen LogP contribution in [0.1, 0.15) is 11.7 Å². The lowest BCUT2D eigenvalue weighted by atomic mass is 10.0. The van der Waals surface area contributed by atoms with Crippen LogP contribution in [-0.2, 0) is 14.3 Å². The lowest BCUT2D eigenvalue weighted by Crippen LogP contribution is -2.46. The van der Waals surface area contributed by atoms with Crippen molar-refractivity contribution >= 4 is 25.8 Å². The topological polar surface area (TPSA) is 128 Å². The van der Waals surface area contributed by atoms with Crippen molar-refractivity contribution in [2.24, 2.45) is 0 Å². The second kappa shape index (κ2) is 9.42. The van der Waals surface area contributed by atoms with Gasteiger partial charge in [-0.25, -0.2) is 9.59 Å².